The number of halogens is 1. The molecule has 2 aromatic rings. The van der Waals surface area contributed by atoms with Gasteiger partial charge in [-0.15, -0.1) is 0 Å². The predicted octanol–water partition coefficient (Wildman–Crippen LogP) is 5.21. The Morgan fingerprint density at radius 1 is 0.767 bits per heavy atom. The normalized spacial score (nSPS) is 16.4. The van der Waals surface area contributed by atoms with Gasteiger partial charge in [-0.2, -0.15) is 0 Å². The van der Waals surface area contributed by atoms with Crippen LogP contribution in [0, 0.1) is 0 Å². The smallest absolute Gasteiger partial charge is 0.323 e. The van der Waals surface area contributed by atoms with E-state index in [4.69, 9.17) is 11.6 Å². The molecule has 2 aliphatic rings. The monoisotopic (exact) mass is 426 g/mol. The summed E-state index contributed by atoms with van der Waals surface area (Å²) in [6.07, 6.45) is 5.61. The number of hydrogen-bond acceptors (Lipinski definition) is 3. The summed E-state index contributed by atoms with van der Waals surface area (Å²) < 4.78 is 0. The van der Waals surface area contributed by atoms with E-state index in [9.17, 15) is 9.59 Å². The van der Waals surface area contributed by atoms with E-state index in [1.54, 1.807) is 24.3 Å². The van der Waals surface area contributed by atoms with E-state index >= 15 is 0 Å². The molecule has 0 spiro atoms. The first-order valence-corrected chi connectivity index (χ1v) is 11.0. The maximum absolute atomic E-state index is 13.2. The minimum Gasteiger partial charge on any atom is -0.371 e. The summed E-state index contributed by atoms with van der Waals surface area (Å²) in [5.74, 6) is 0.0508. The molecule has 7 heteroatoms. The number of piperidine rings is 1. The highest BCUT2D eigenvalue weighted by atomic mass is 35.5. The molecule has 6 nitrogen and oxygen atoms in total. The van der Waals surface area contributed by atoms with Crippen LogP contribution in [0.5, 0.6) is 0 Å². The highest BCUT2D eigenvalue weighted by Gasteiger charge is 2.25. The highest BCUT2D eigenvalue weighted by molar-refractivity contribution is 6.30. The van der Waals surface area contributed by atoms with Crippen molar-refractivity contribution in [3.8, 4) is 0 Å². The fraction of sp³-hybridized carbons (Fsp3) is 0.391. The van der Waals surface area contributed by atoms with E-state index in [2.05, 4.69) is 15.5 Å². The lowest BCUT2D eigenvalue weighted by atomic mass is 10.1. The van der Waals surface area contributed by atoms with Crippen LogP contribution in [-0.2, 0) is 0 Å². The predicted molar refractivity (Wildman–Crippen MR) is 122 cm³/mol. The van der Waals surface area contributed by atoms with Crippen LogP contribution in [-0.4, -0.2) is 43.0 Å². The minimum absolute atomic E-state index is 0.0508. The molecule has 2 N–H and O–H groups in total. The largest absolute Gasteiger partial charge is 0.371 e. The molecule has 4 rings (SSSR count). The number of benzene rings is 2. The quantitative estimate of drug-likeness (QED) is 0.705. The van der Waals surface area contributed by atoms with Crippen molar-refractivity contribution < 1.29 is 9.59 Å². The fourth-order valence-electron chi connectivity index (χ4n) is 4.11. The van der Waals surface area contributed by atoms with Gasteiger partial charge in [-0.25, -0.2) is 4.79 Å². The first-order valence-electron chi connectivity index (χ1n) is 10.6. The van der Waals surface area contributed by atoms with Crippen LogP contribution >= 0.6 is 11.6 Å². The Hall–Kier alpha value is -2.73. The van der Waals surface area contributed by atoms with Gasteiger partial charge in [0.2, 0.25) is 0 Å². The summed E-state index contributed by atoms with van der Waals surface area (Å²) in [6.45, 7) is 3.52. The van der Waals surface area contributed by atoms with Crippen molar-refractivity contribution in [2.75, 3.05) is 41.7 Å². The number of urea groups is 1. The average Bonchev–Trinajstić information content (AvgIpc) is 3.30. The molecule has 30 heavy (non-hydrogen) atoms. The molecule has 3 amide bonds. The van der Waals surface area contributed by atoms with E-state index in [1.807, 2.05) is 23.1 Å². The molecule has 2 aromatic carbocycles. The zero-order valence-corrected chi connectivity index (χ0v) is 17.8. The third-order valence-corrected chi connectivity index (χ3v) is 5.93. The Bertz CT molecular complexity index is 904. The third kappa shape index (κ3) is 4.87. The maximum atomic E-state index is 13.2. The van der Waals surface area contributed by atoms with Crippen molar-refractivity contribution in [2.24, 2.45) is 0 Å². The van der Waals surface area contributed by atoms with Crippen LogP contribution in [0.25, 0.3) is 0 Å². The van der Waals surface area contributed by atoms with Crippen molar-refractivity contribution in [2.45, 2.75) is 32.1 Å². The van der Waals surface area contributed by atoms with Gasteiger partial charge in [0.15, 0.2) is 0 Å². The summed E-state index contributed by atoms with van der Waals surface area (Å²) >= 11 is 5.89. The number of hydrogen-bond donors (Lipinski definition) is 2. The lowest BCUT2D eigenvalue weighted by Gasteiger charge is -2.31. The Kier molecular flexibility index (Phi) is 6.43. The number of likely N-dealkylation sites (tertiary alicyclic amines) is 1. The second-order valence-corrected chi connectivity index (χ2v) is 8.30. The number of carbonyl (C=O) groups excluding carboxylic acids is 2. The van der Waals surface area contributed by atoms with E-state index in [-0.39, 0.29) is 11.9 Å². The van der Waals surface area contributed by atoms with E-state index in [0.717, 1.165) is 57.5 Å². The summed E-state index contributed by atoms with van der Waals surface area (Å²) in [5, 5.41) is 6.24. The van der Waals surface area contributed by atoms with Gasteiger partial charge in [0.05, 0.1) is 5.56 Å². The van der Waals surface area contributed by atoms with Gasteiger partial charge >= 0.3 is 6.03 Å². The highest BCUT2D eigenvalue weighted by Crippen LogP contribution is 2.29. The molecule has 0 radical (unpaired) electrons. The number of amides is 3. The SMILES string of the molecule is O=C(Nc1ccc(Cl)cc1)Nc1ccc(N2CCCCC2)c(C(=O)N2CCCC2)c1. The van der Waals surface area contributed by atoms with Gasteiger partial charge in [0.25, 0.3) is 5.91 Å². The van der Waals surface area contributed by atoms with Crippen LogP contribution in [0.4, 0.5) is 21.9 Å². The Balaban J connectivity index is 1.54. The molecule has 0 unspecified atom stereocenters. The molecule has 0 atom stereocenters. The third-order valence-electron chi connectivity index (χ3n) is 5.68. The van der Waals surface area contributed by atoms with Gasteiger partial charge in [0, 0.05) is 48.3 Å². The molecule has 2 saturated heterocycles. The number of anilines is 3. The van der Waals surface area contributed by atoms with Crippen molar-refractivity contribution in [3.05, 3.63) is 53.1 Å². The van der Waals surface area contributed by atoms with Crippen LogP contribution in [0.2, 0.25) is 5.02 Å². The molecule has 2 heterocycles. The molecule has 158 valence electrons. The zero-order valence-electron chi connectivity index (χ0n) is 17.0. The average molecular weight is 427 g/mol. The van der Waals surface area contributed by atoms with E-state index in [0.29, 0.717) is 22.0 Å². The van der Waals surface area contributed by atoms with Gasteiger partial charge in [0.1, 0.15) is 0 Å². The van der Waals surface area contributed by atoms with Gasteiger partial charge in [-0.3, -0.25) is 4.79 Å². The van der Waals surface area contributed by atoms with Crippen LogP contribution < -0.4 is 15.5 Å². The summed E-state index contributed by atoms with van der Waals surface area (Å²) in [7, 11) is 0. The first kappa shape index (κ1) is 20.5. The number of nitrogens with zero attached hydrogens (tertiary/aromatic N) is 2. The summed E-state index contributed by atoms with van der Waals surface area (Å²) in [5.41, 5.74) is 2.89. The van der Waals surface area contributed by atoms with Crippen molar-refractivity contribution in [1.29, 1.82) is 0 Å². The number of rotatable bonds is 4. The van der Waals surface area contributed by atoms with Crippen molar-refractivity contribution in [3.63, 3.8) is 0 Å². The zero-order chi connectivity index (χ0) is 20.9. The molecule has 2 aliphatic heterocycles. The molecule has 0 bridgehead atoms. The number of nitrogens with one attached hydrogen (secondary N) is 2. The van der Waals surface area contributed by atoms with Crippen LogP contribution in [0.3, 0.4) is 0 Å². The lowest BCUT2D eigenvalue weighted by Crippen LogP contribution is -2.34. The van der Waals surface area contributed by atoms with Crippen LogP contribution in [0.15, 0.2) is 42.5 Å². The molecular formula is C23H27ClN4O2. The maximum Gasteiger partial charge on any atom is 0.323 e. The topological polar surface area (TPSA) is 64.7 Å². The molecule has 2 fully saturated rings. The van der Waals surface area contributed by atoms with E-state index < -0.39 is 0 Å². The standard InChI is InChI=1S/C23H27ClN4O2/c24-17-6-8-18(9-7-17)25-23(30)26-19-10-11-21(27-12-2-1-3-13-27)20(16-19)22(29)28-14-4-5-15-28/h6-11,16H,1-5,12-15H2,(H2,25,26,30). The number of carbonyl (C=O) groups is 2. The molecule has 0 aliphatic carbocycles. The fourth-order valence-corrected chi connectivity index (χ4v) is 4.24. The summed E-state index contributed by atoms with van der Waals surface area (Å²) in [4.78, 5) is 29.9. The Morgan fingerprint density at radius 2 is 1.37 bits per heavy atom. The van der Waals surface area contributed by atoms with Gasteiger partial charge in [-0.05, 0) is 74.6 Å². The molecule has 0 saturated carbocycles. The molecular weight excluding hydrogens is 400 g/mol. The second kappa shape index (κ2) is 9.39. The Morgan fingerprint density at radius 3 is 2.07 bits per heavy atom. The minimum atomic E-state index is -0.359. The van der Waals surface area contributed by atoms with Crippen molar-refractivity contribution in [1.82, 2.24) is 4.90 Å². The molecule has 0 aromatic heterocycles. The van der Waals surface area contributed by atoms with Gasteiger partial charge < -0.3 is 20.4 Å². The summed E-state index contributed by atoms with van der Waals surface area (Å²) in [6, 6.07) is 12.2. The van der Waals surface area contributed by atoms with E-state index in [1.165, 1.54) is 6.42 Å². The first-order chi connectivity index (χ1) is 14.6. The second-order valence-electron chi connectivity index (χ2n) is 7.86. The Labute approximate surface area is 182 Å². The van der Waals surface area contributed by atoms with Gasteiger partial charge in [-0.1, -0.05) is 11.6 Å². The van der Waals surface area contributed by atoms with Crippen LogP contribution in [0.1, 0.15) is 42.5 Å². The lowest BCUT2D eigenvalue weighted by molar-refractivity contribution is 0.0793. The van der Waals surface area contributed by atoms with Crippen molar-refractivity contribution >= 4 is 40.6 Å².